The third kappa shape index (κ3) is 2.19. The molecule has 0 aromatic rings. The molecular formula is C8H14O3. The number of carbonyl (C=O) groups excluding carboxylic acids is 1. The Balaban J connectivity index is 2.31. The first kappa shape index (κ1) is 8.53. The Morgan fingerprint density at radius 3 is 3.00 bits per heavy atom. The van der Waals surface area contributed by atoms with Crippen LogP contribution in [0.15, 0.2) is 0 Å². The zero-order valence-corrected chi connectivity index (χ0v) is 6.53. The van der Waals surface area contributed by atoms with Crippen LogP contribution in [-0.4, -0.2) is 24.3 Å². The second-order valence-corrected chi connectivity index (χ2v) is 2.97. The highest BCUT2D eigenvalue weighted by molar-refractivity contribution is 5.37. The van der Waals surface area contributed by atoms with Gasteiger partial charge in [0.2, 0.25) is 0 Å². The highest BCUT2D eigenvalue weighted by Gasteiger charge is 2.27. The minimum Gasteiger partial charge on any atom is -0.464 e. The Morgan fingerprint density at radius 2 is 2.36 bits per heavy atom. The molecular weight excluding hydrogens is 144 g/mol. The summed E-state index contributed by atoms with van der Waals surface area (Å²) in [6.07, 6.45) is 3.99. The van der Waals surface area contributed by atoms with E-state index in [1.54, 1.807) is 0 Å². The first-order chi connectivity index (χ1) is 5.38. The van der Waals surface area contributed by atoms with Crippen molar-refractivity contribution in [3.8, 4) is 0 Å². The SMILES string of the molecule is O=COC1CCC[C@H]1CCO. The molecule has 2 atom stereocenters. The van der Waals surface area contributed by atoms with Crippen molar-refractivity contribution < 1.29 is 14.6 Å². The van der Waals surface area contributed by atoms with Gasteiger partial charge in [0.15, 0.2) is 0 Å². The van der Waals surface area contributed by atoms with Gasteiger partial charge in [0.1, 0.15) is 6.10 Å². The summed E-state index contributed by atoms with van der Waals surface area (Å²) < 4.78 is 4.88. The van der Waals surface area contributed by atoms with Crippen molar-refractivity contribution in [2.45, 2.75) is 31.8 Å². The molecule has 0 amide bonds. The fourth-order valence-electron chi connectivity index (χ4n) is 1.75. The van der Waals surface area contributed by atoms with Gasteiger partial charge in [0.05, 0.1) is 0 Å². The summed E-state index contributed by atoms with van der Waals surface area (Å²) in [7, 11) is 0. The van der Waals surface area contributed by atoms with E-state index in [1.807, 2.05) is 0 Å². The molecule has 0 aromatic heterocycles. The largest absolute Gasteiger partial charge is 0.464 e. The molecule has 0 radical (unpaired) electrons. The number of ether oxygens (including phenoxy) is 1. The molecule has 64 valence electrons. The molecule has 1 saturated carbocycles. The van der Waals surface area contributed by atoms with Gasteiger partial charge in [-0.05, 0) is 31.6 Å². The van der Waals surface area contributed by atoms with Crippen LogP contribution in [0.3, 0.4) is 0 Å². The van der Waals surface area contributed by atoms with Crippen LogP contribution in [0.2, 0.25) is 0 Å². The highest BCUT2D eigenvalue weighted by atomic mass is 16.5. The highest BCUT2D eigenvalue weighted by Crippen LogP contribution is 2.29. The summed E-state index contributed by atoms with van der Waals surface area (Å²) in [5.74, 6) is 0.394. The van der Waals surface area contributed by atoms with Crippen molar-refractivity contribution in [2.75, 3.05) is 6.61 Å². The Labute approximate surface area is 66.4 Å². The quantitative estimate of drug-likeness (QED) is 0.613. The molecule has 11 heavy (non-hydrogen) atoms. The second-order valence-electron chi connectivity index (χ2n) is 2.97. The number of rotatable bonds is 4. The van der Waals surface area contributed by atoms with E-state index in [1.165, 1.54) is 0 Å². The fraction of sp³-hybridized carbons (Fsp3) is 0.875. The molecule has 0 aromatic carbocycles. The molecule has 0 heterocycles. The average Bonchev–Trinajstić information content (AvgIpc) is 2.39. The number of hydrogen-bond acceptors (Lipinski definition) is 3. The van der Waals surface area contributed by atoms with Crippen LogP contribution in [0, 0.1) is 5.92 Å². The minimum atomic E-state index is 0.0691. The van der Waals surface area contributed by atoms with Crippen LogP contribution in [-0.2, 0) is 9.53 Å². The van der Waals surface area contributed by atoms with Crippen molar-refractivity contribution in [1.29, 1.82) is 0 Å². The van der Waals surface area contributed by atoms with Gasteiger partial charge < -0.3 is 9.84 Å². The standard InChI is InChI=1S/C8H14O3/c9-5-4-7-2-1-3-8(7)11-6-10/h6-9H,1-5H2/t7-,8?/m0/s1. The predicted octanol–water partition coefficient (Wildman–Crippen LogP) is 0.710. The lowest BCUT2D eigenvalue weighted by Gasteiger charge is -2.15. The van der Waals surface area contributed by atoms with Crippen LogP contribution >= 0.6 is 0 Å². The summed E-state index contributed by atoms with van der Waals surface area (Å²) in [6.45, 7) is 0.712. The first-order valence-electron chi connectivity index (χ1n) is 4.08. The van der Waals surface area contributed by atoms with Crippen molar-refractivity contribution in [1.82, 2.24) is 0 Å². The number of aliphatic hydroxyl groups is 1. The van der Waals surface area contributed by atoms with E-state index in [-0.39, 0.29) is 12.7 Å². The topological polar surface area (TPSA) is 46.5 Å². The van der Waals surface area contributed by atoms with Crippen molar-refractivity contribution in [3.63, 3.8) is 0 Å². The Hall–Kier alpha value is -0.570. The van der Waals surface area contributed by atoms with Gasteiger partial charge in [-0.2, -0.15) is 0 Å². The molecule has 1 aliphatic carbocycles. The molecule has 0 spiro atoms. The summed E-state index contributed by atoms with van der Waals surface area (Å²) in [6, 6.07) is 0. The Kier molecular flexibility index (Phi) is 3.36. The van der Waals surface area contributed by atoms with E-state index < -0.39 is 0 Å². The normalized spacial score (nSPS) is 30.3. The van der Waals surface area contributed by atoms with E-state index in [2.05, 4.69) is 0 Å². The predicted molar refractivity (Wildman–Crippen MR) is 40.0 cm³/mol. The number of carbonyl (C=O) groups is 1. The molecule has 0 bridgehead atoms. The maximum Gasteiger partial charge on any atom is 0.293 e. The summed E-state index contributed by atoms with van der Waals surface area (Å²) >= 11 is 0. The van der Waals surface area contributed by atoms with Gasteiger partial charge in [0, 0.05) is 6.61 Å². The van der Waals surface area contributed by atoms with E-state index >= 15 is 0 Å². The van der Waals surface area contributed by atoms with Crippen molar-refractivity contribution >= 4 is 6.47 Å². The zero-order valence-electron chi connectivity index (χ0n) is 6.53. The van der Waals surface area contributed by atoms with Crippen LogP contribution in [0.5, 0.6) is 0 Å². The van der Waals surface area contributed by atoms with Gasteiger partial charge in [-0.1, -0.05) is 0 Å². The van der Waals surface area contributed by atoms with Crippen LogP contribution in [0.25, 0.3) is 0 Å². The average molecular weight is 158 g/mol. The van der Waals surface area contributed by atoms with Gasteiger partial charge in [-0.25, -0.2) is 0 Å². The molecule has 1 N–H and O–H groups in total. The monoisotopic (exact) mass is 158 g/mol. The van der Waals surface area contributed by atoms with Gasteiger partial charge in [0.25, 0.3) is 6.47 Å². The molecule has 3 heteroatoms. The lowest BCUT2D eigenvalue weighted by atomic mass is 10.0. The Bertz CT molecular complexity index is 125. The summed E-state index contributed by atoms with van der Waals surface area (Å²) in [4.78, 5) is 10.0. The Morgan fingerprint density at radius 1 is 1.55 bits per heavy atom. The van der Waals surface area contributed by atoms with Crippen molar-refractivity contribution in [3.05, 3.63) is 0 Å². The third-order valence-electron chi connectivity index (χ3n) is 2.32. The van der Waals surface area contributed by atoms with Gasteiger partial charge in [-0.3, -0.25) is 4.79 Å². The fourth-order valence-corrected chi connectivity index (χ4v) is 1.75. The minimum absolute atomic E-state index is 0.0691. The van der Waals surface area contributed by atoms with E-state index in [0.717, 1.165) is 25.7 Å². The third-order valence-corrected chi connectivity index (χ3v) is 2.32. The lowest BCUT2D eigenvalue weighted by Crippen LogP contribution is -2.18. The summed E-state index contributed by atoms with van der Waals surface area (Å²) in [5.41, 5.74) is 0. The number of aliphatic hydroxyl groups excluding tert-OH is 1. The van der Waals surface area contributed by atoms with E-state index in [4.69, 9.17) is 9.84 Å². The first-order valence-corrected chi connectivity index (χ1v) is 4.08. The van der Waals surface area contributed by atoms with E-state index in [9.17, 15) is 4.79 Å². The molecule has 1 fully saturated rings. The number of hydrogen-bond donors (Lipinski definition) is 1. The van der Waals surface area contributed by atoms with Crippen LogP contribution in [0.4, 0.5) is 0 Å². The maximum absolute atomic E-state index is 10.0. The maximum atomic E-state index is 10.0. The second kappa shape index (κ2) is 4.34. The smallest absolute Gasteiger partial charge is 0.293 e. The molecule has 1 rings (SSSR count). The van der Waals surface area contributed by atoms with E-state index in [0.29, 0.717) is 12.4 Å². The van der Waals surface area contributed by atoms with Crippen molar-refractivity contribution in [2.24, 2.45) is 5.92 Å². The lowest BCUT2D eigenvalue weighted by molar-refractivity contribution is -0.135. The molecule has 3 nitrogen and oxygen atoms in total. The van der Waals surface area contributed by atoms with Crippen LogP contribution < -0.4 is 0 Å². The molecule has 0 aliphatic heterocycles. The van der Waals surface area contributed by atoms with Crippen LogP contribution in [0.1, 0.15) is 25.7 Å². The summed E-state index contributed by atoms with van der Waals surface area (Å²) in [5, 5.41) is 8.67. The molecule has 1 unspecified atom stereocenters. The molecule has 0 saturated heterocycles. The molecule has 1 aliphatic rings. The van der Waals surface area contributed by atoms with Gasteiger partial charge >= 0.3 is 0 Å². The zero-order chi connectivity index (χ0) is 8.10. The van der Waals surface area contributed by atoms with Gasteiger partial charge in [-0.15, -0.1) is 0 Å².